The number of hydrogen-bond acceptors (Lipinski definition) is 2. The monoisotopic (exact) mass is 346 g/mol. The van der Waals surface area contributed by atoms with Crippen molar-refractivity contribution in [3.63, 3.8) is 0 Å². The minimum Gasteiger partial charge on any atom is -0.454 e. The molecular formula is C14H7Cl2F3N2O. The molecule has 0 spiro atoms. The summed E-state index contributed by atoms with van der Waals surface area (Å²) in [6.07, 6.45) is -4.63. The molecule has 1 aromatic heterocycles. The molecule has 1 N–H and O–H groups in total. The van der Waals surface area contributed by atoms with Gasteiger partial charge < -0.3 is 9.72 Å². The maximum atomic E-state index is 12.8. The first-order valence-corrected chi connectivity index (χ1v) is 6.79. The quantitative estimate of drug-likeness (QED) is 0.648. The Morgan fingerprint density at radius 2 is 1.73 bits per heavy atom. The van der Waals surface area contributed by atoms with Gasteiger partial charge in [0.25, 0.3) is 0 Å². The summed E-state index contributed by atoms with van der Waals surface area (Å²) in [5, 5.41) is 0.0888. The van der Waals surface area contributed by atoms with Gasteiger partial charge in [0.05, 0.1) is 10.0 Å². The summed E-state index contributed by atoms with van der Waals surface area (Å²) in [6.45, 7) is 0. The van der Waals surface area contributed by atoms with E-state index < -0.39 is 12.0 Å². The number of aromatic amines is 1. The van der Waals surface area contributed by atoms with Crippen LogP contribution in [0.25, 0.3) is 11.0 Å². The number of nitrogens with zero attached hydrogens (tertiary/aromatic N) is 1. The number of rotatable bonds is 2. The lowest BCUT2D eigenvalue weighted by Crippen LogP contribution is -2.06. The maximum Gasteiger partial charge on any atom is 0.449 e. The summed E-state index contributed by atoms with van der Waals surface area (Å²) in [7, 11) is 0. The van der Waals surface area contributed by atoms with E-state index in [2.05, 4.69) is 9.97 Å². The van der Waals surface area contributed by atoms with Crippen molar-refractivity contribution < 1.29 is 17.9 Å². The smallest absolute Gasteiger partial charge is 0.449 e. The third-order valence-corrected chi connectivity index (χ3v) is 3.43. The van der Waals surface area contributed by atoms with E-state index in [0.29, 0.717) is 5.75 Å². The lowest BCUT2D eigenvalue weighted by molar-refractivity contribution is -0.144. The normalized spacial score (nSPS) is 11.9. The highest BCUT2D eigenvalue weighted by atomic mass is 35.5. The second kappa shape index (κ2) is 5.37. The van der Waals surface area contributed by atoms with Crippen LogP contribution in [0.4, 0.5) is 13.2 Å². The van der Waals surface area contributed by atoms with E-state index in [-0.39, 0.29) is 26.8 Å². The van der Waals surface area contributed by atoms with E-state index in [1.54, 1.807) is 30.3 Å². The lowest BCUT2D eigenvalue weighted by Gasteiger charge is -2.09. The zero-order valence-corrected chi connectivity index (χ0v) is 12.2. The predicted octanol–water partition coefficient (Wildman–Crippen LogP) is 5.68. The molecule has 114 valence electrons. The van der Waals surface area contributed by atoms with Gasteiger partial charge in [0.2, 0.25) is 5.82 Å². The van der Waals surface area contributed by atoms with Crippen molar-refractivity contribution in [2.24, 2.45) is 0 Å². The molecule has 0 aliphatic rings. The maximum absolute atomic E-state index is 12.8. The summed E-state index contributed by atoms with van der Waals surface area (Å²) in [4.78, 5) is 5.65. The molecule has 0 aliphatic heterocycles. The fourth-order valence-electron chi connectivity index (χ4n) is 1.92. The Morgan fingerprint density at radius 3 is 2.36 bits per heavy atom. The molecule has 3 aromatic rings. The number of hydrogen-bond donors (Lipinski definition) is 1. The van der Waals surface area contributed by atoms with E-state index in [1.807, 2.05) is 0 Å². The predicted molar refractivity (Wildman–Crippen MR) is 77.6 cm³/mol. The topological polar surface area (TPSA) is 37.9 Å². The van der Waals surface area contributed by atoms with Gasteiger partial charge in [0.15, 0.2) is 5.75 Å². The molecule has 1 heterocycles. The Labute approximate surface area is 132 Å². The molecule has 0 saturated heterocycles. The van der Waals surface area contributed by atoms with Crippen LogP contribution < -0.4 is 4.74 Å². The molecule has 22 heavy (non-hydrogen) atoms. The zero-order chi connectivity index (χ0) is 15.9. The highest BCUT2D eigenvalue weighted by molar-refractivity contribution is 6.39. The van der Waals surface area contributed by atoms with Crippen molar-refractivity contribution in [3.05, 3.63) is 52.3 Å². The van der Waals surface area contributed by atoms with Gasteiger partial charge in [0, 0.05) is 0 Å². The summed E-state index contributed by atoms with van der Waals surface area (Å²) in [5.41, 5.74) is -0.0574. The van der Waals surface area contributed by atoms with Gasteiger partial charge in [-0.2, -0.15) is 13.2 Å². The molecule has 0 fully saturated rings. The number of ether oxygens (including phenoxy) is 1. The van der Waals surface area contributed by atoms with Crippen molar-refractivity contribution in [2.75, 3.05) is 0 Å². The van der Waals surface area contributed by atoms with E-state index in [4.69, 9.17) is 27.9 Å². The van der Waals surface area contributed by atoms with Crippen molar-refractivity contribution in [1.82, 2.24) is 9.97 Å². The Balaban J connectivity index is 2.18. The van der Waals surface area contributed by atoms with Gasteiger partial charge in [-0.3, -0.25) is 0 Å². The van der Waals surface area contributed by atoms with Gasteiger partial charge in [-0.05, 0) is 18.2 Å². The molecule has 0 saturated carbocycles. The molecule has 0 unspecified atom stereocenters. The average molecular weight is 347 g/mol. The van der Waals surface area contributed by atoms with Crippen molar-refractivity contribution in [3.8, 4) is 11.5 Å². The van der Waals surface area contributed by atoms with Gasteiger partial charge in [-0.15, -0.1) is 0 Å². The number of fused-ring (bicyclic) bond motifs is 1. The lowest BCUT2D eigenvalue weighted by atomic mass is 10.3. The van der Waals surface area contributed by atoms with Crippen LogP contribution in [0.2, 0.25) is 10.0 Å². The zero-order valence-electron chi connectivity index (χ0n) is 10.7. The molecule has 0 atom stereocenters. The molecule has 3 rings (SSSR count). The number of alkyl halides is 3. The number of halogens is 5. The summed E-state index contributed by atoms with van der Waals surface area (Å²) < 4.78 is 44.0. The molecule has 0 radical (unpaired) electrons. The summed E-state index contributed by atoms with van der Waals surface area (Å²) in [5.74, 6) is -0.698. The van der Waals surface area contributed by atoms with Crippen LogP contribution in [0.5, 0.6) is 11.5 Å². The molecule has 0 aliphatic carbocycles. The largest absolute Gasteiger partial charge is 0.454 e. The van der Waals surface area contributed by atoms with Crippen LogP contribution in [0.3, 0.4) is 0 Å². The van der Waals surface area contributed by atoms with Crippen molar-refractivity contribution in [1.29, 1.82) is 0 Å². The molecule has 0 amide bonds. The Kier molecular flexibility index (Phi) is 3.66. The Hall–Kier alpha value is -1.92. The first-order valence-electron chi connectivity index (χ1n) is 6.04. The first kappa shape index (κ1) is 15.0. The van der Waals surface area contributed by atoms with Crippen LogP contribution in [0.15, 0.2) is 36.4 Å². The van der Waals surface area contributed by atoms with Crippen LogP contribution in [-0.2, 0) is 6.18 Å². The number of para-hydroxylation sites is 1. The Morgan fingerprint density at radius 1 is 1.05 bits per heavy atom. The van der Waals surface area contributed by atoms with Crippen molar-refractivity contribution >= 4 is 34.2 Å². The number of H-pyrrole nitrogens is 1. The van der Waals surface area contributed by atoms with Crippen LogP contribution >= 0.6 is 23.2 Å². The average Bonchev–Trinajstić information content (AvgIpc) is 2.90. The second-order valence-electron chi connectivity index (χ2n) is 4.39. The number of nitrogens with one attached hydrogen (secondary N) is 1. The summed E-state index contributed by atoms with van der Waals surface area (Å²) in [6, 6.07) is 9.83. The van der Waals surface area contributed by atoms with Gasteiger partial charge in [0.1, 0.15) is 16.8 Å². The van der Waals surface area contributed by atoms with Gasteiger partial charge >= 0.3 is 6.18 Å². The fraction of sp³-hybridized carbons (Fsp3) is 0.0714. The van der Waals surface area contributed by atoms with E-state index in [1.165, 1.54) is 6.07 Å². The Bertz CT molecular complexity index is 831. The third kappa shape index (κ3) is 2.71. The number of aromatic nitrogens is 2. The highest BCUT2D eigenvalue weighted by Gasteiger charge is 2.35. The number of benzene rings is 2. The minimum atomic E-state index is -4.63. The third-order valence-electron chi connectivity index (χ3n) is 2.86. The standard InChI is InChI=1S/C14H7Cl2F3N2O/c15-8-6-9(16)12(22-7-4-2-1-3-5-7)11-10(8)20-13(21-11)14(17,18)19/h1-6H,(H,20,21). The minimum absolute atomic E-state index is 0.00585. The van der Waals surface area contributed by atoms with E-state index >= 15 is 0 Å². The van der Waals surface area contributed by atoms with Crippen LogP contribution in [0, 0.1) is 0 Å². The van der Waals surface area contributed by atoms with E-state index in [9.17, 15) is 13.2 Å². The van der Waals surface area contributed by atoms with Crippen LogP contribution in [-0.4, -0.2) is 9.97 Å². The van der Waals surface area contributed by atoms with Crippen LogP contribution in [0.1, 0.15) is 5.82 Å². The highest BCUT2D eigenvalue weighted by Crippen LogP contribution is 2.41. The first-order chi connectivity index (χ1) is 10.4. The molecular weight excluding hydrogens is 340 g/mol. The molecule has 2 aromatic carbocycles. The molecule has 0 bridgehead atoms. The van der Waals surface area contributed by atoms with Crippen molar-refractivity contribution in [2.45, 2.75) is 6.18 Å². The second-order valence-corrected chi connectivity index (χ2v) is 5.21. The fourth-order valence-corrected chi connectivity index (χ4v) is 2.46. The van der Waals surface area contributed by atoms with Gasteiger partial charge in [-0.1, -0.05) is 41.4 Å². The van der Waals surface area contributed by atoms with Gasteiger partial charge in [-0.25, -0.2) is 4.98 Å². The van der Waals surface area contributed by atoms with E-state index in [0.717, 1.165) is 0 Å². The SMILES string of the molecule is FC(F)(F)c1nc2c(Cl)cc(Cl)c(Oc3ccccc3)c2[nH]1. The molecule has 8 heteroatoms. The summed E-state index contributed by atoms with van der Waals surface area (Å²) >= 11 is 12.0. The molecule has 3 nitrogen and oxygen atoms in total. The number of imidazole rings is 1.